The monoisotopic (exact) mass is 566 g/mol. The van der Waals surface area contributed by atoms with E-state index in [2.05, 4.69) is 29.7 Å². The van der Waals surface area contributed by atoms with Crippen molar-refractivity contribution in [2.24, 2.45) is 0 Å². The highest BCUT2D eigenvalue weighted by Gasteiger charge is 2.24. The van der Waals surface area contributed by atoms with E-state index in [9.17, 15) is 24.3 Å². The molecule has 0 spiro atoms. The Morgan fingerprint density at radius 3 is 1.76 bits per heavy atom. The van der Waals surface area contributed by atoms with Crippen molar-refractivity contribution in [3.63, 3.8) is 0 Å². The van der Waals surface area contributed by atoms with E-state index >= 15 is 0 Å². The Morgan fingerprint density at radius 1 is 0.780 bits per heavy atom. The van der Waals surface area contributed by atoms with E-state index in [4.69, 9.17) is 4.74 Å². The second-order valence-corrected chi connectivity index (χ2v) is 11.4. The topological polar surface area (TPSA) is 122 Å². The number of rotatable bonds is 17. The number of carbonyl (C=O) groups excluding carboxylic acids is 3. The molecule has 0 fully saturated rings. The molecule has 2 amide bonds. The maximum atomic E-state index is 12.9. The smallest absolute Gasteiger partial charge is 0.408 e. The normalized spacial score (nSPS) is 11.9. The summed E-state index contributed by atoms with van der Waals surface area (Å²) in [4.78, 5) is 48.2. The van der Waals surface area contributed by atoms with Gasteiger partial charge < -0.3 is 20.5 Å². The van der Waals surface area contributed by atoms with Crippen molar-refractivity contribution in [2.75, 3.05) is 6.54 Å². The molecule has 3 N–H and O–H groups in total. The number of nitrogens with one attached hydrogen (secondary N) is 2. The summed E-state index contributed by atoms with van der Waals surface area (Å²) in [5, 5.41) is 14.1. The summed E-state index contributed by atoms with van der Waals surface area (Å²) in [6, 6.07) is 14.4. The number of benzene rings is 2. The lowest BCUT2D eigenvalue weighted by Gasteiger charge is -2.22. The van der Waals surface area contributed by atoms with Gasteiger partial charge in [-0.1, -0.05) is 81.1 Å². The average molecular weight is 567 g/mol. The highest BCUT2D eigenvalue weighted by atomic mass is 16.6. The average Bonchev–Trinajstić information content (AvgIpc) is 2.92. The predicted molar refractivity (Wildman–Crippen MR) is 160 cm³/mol. The molecular formula is C33H46N2O6. The van der Waals surface area contributed by atoms with E-state index in [-0.39, 0.29) is 24.7 Å². The van der Waals surface area contributed by atoms with Gasteiger partial charge in [-0.05, 0) is 64.0 Å². The molecule has 0 bridgehead atoms. The highest BCUT2D eigenvalue weighted by Crippen LogP contribution is 2.16. The first-order valence-electron chi connectivity index (χ1n) is 14.7. The van der Waals surface area contributed by atoms with Crippen molar-refractivity contribution in [3.05, 3.63) is 70.8 Å². The first-order chi connectivity index (χ1) is 19.5. The van der Waals surface area contributed by atoms with Crippen LogP contribution in [-0.2, 0) is 27.2 Å². The van der Waals surface area contributed by atoms with Crippen LogP contribution in [0.2, 0.25) is 0 Å². The molecule has 8 heteroatoms. The van der Waals surface area contributed by atoms with Crippen LogP contribution in [-0.4, -0.2) is 47.0 Å². The van der Waals surface area contributed by atoms with E-state index in [0.717, 1.165) is 31.2 Å². The zero-order valence-electron chi connectivity index (χ0n) is 25.0. The maximum Gasteiger partial charge on any atom is 0.408 e. The number of carboxylic acids is 1. The summed E-state index contributed by atoms with van der Waals surface area (Å²) in [7, 11) is 0. The van der Waals surface area contributed by atoms with Crippen molar-refractivity contribution < 1.29 is 29.0 Å². The van der Waals surface area contributed by atoms with Gasteiger partial charge in [-0.2, -0.15) is 0 Å². The van der Waals surface area contributed by atoms with Crippen LogP contribution >= 0.6 is 0 Å². The van der Waals surface area contributed by atoms with Gasteiger partial charge in [0.05, 0.1) is 0 Å². The SMILES string of the molecule is CCCCCCc1ccc(C(=O)c2ccc(CCCCCC(=O)NCC(NC(=O)OC(C)(C)C)C(=O)O)cc2)cc1. The van der Waals surface area contributed by atoms with Crippen LogP contribution < -0.4 is 10.6 Å². The molecule has 2 aromatic rings. The van der Waals surface area contributed by atoms with Crippen LogP contribution in [0.15, 0.2) is 48.5 Å². The molecule has 2 rings (SSSR count). The molecule has 1 atom stereocenters. The van der Waals surface area contributed by atoms with Crippen molar-refractivity contribution in [1.29, 1.82) is 0 Å². The minimum Gasteiger partial charge on any atom is -0.480 e. The minimum absolute atomic E-state index is 0.0199. The maximum absolute atomic E-state index is 12.9. The van der Waals surface area contributed by atoms with Gasteiger partial charge in [0.2, 0.25) is 5.91 Å². The summed E-state index contributed by atoms with van der Waals surface area (Å²) in [6.45, 7) is 7.02. The Hall–Kier alpha value is -3.68. The van der Waals surface area contributed by atoms with E-state index in [1.54, 1.807) is 20.8 Å². The number of ether oxygens (including phenoxy) is 1. The van der Waals surface area contributed by atoms with Crippen LogP contribution in [0.3, 0.4) is 0 Å². The fraction of sp³-hybridized carbons (Fsp3) is 0.515. The standard InChI is InChI=1S/C33H46N2O6/c1-5-6-7-9-12-24-15-19-26(20-16-24)30(37)27-21-17-25(18-22-27)13-10-8-11-14-29(36)34-23-28(31(38)39)35-32(40)41-33(2,3)4/h15-22,28H,5-14,23H2,1-4H3,(H,34,36)(H,35,40)(H,38,39). The van der Waals surface area contributed by atoms with Crippen molar-refractivity contribution in [1.82, 2.24) is 10.6 Å². The van der Waals surface area contributed by atoms with E-state index < -0.39 is 23.7 Å². The molecule has 2 aromatic carbocycles. The second kappa shape index (κ2) is 17.2. The number of alkyl carbamates (subject to hydrolysis) is 1. The van der Waals surface area contributed by atoms with Crippen molar-refractivity contribution in [2.45, 2.75) is 104 Å². The van der Waals surface area contributed by atoms with E-state index in [1.807, 2.05) is 36.4 Å². The number of ketones is 1. The molecule has 0 aliphatic carbocycles. The number of aliphatic carboxylic acids is 1. The lowest BCUT2D eigenvalue weighted by atomic mass is 9.98. The Morgan fingerprint density at radius 2 is 1.29 bits per heavy atom. The molecule has 0 aliphatic rings. The number of carbonyl (C=O) groups is 4. The number of unbranched alkanes of at least 4 members (excludes halogenated alkanes) is 5. The molecule has 224 valence electrons. The predicted octanol–water partition coefficient (Wildman–Crippen LogP) is 6.24. The third kappa shape index (κ3) is 13.5. The minimum atomic E-state index is -1.27. The van der Waals surface area contributed by atoms with Crippen LogP contribution in [0, 0.1) is 0 Å². The third-order valence-corrected chi connectivity index (χ3v) is 6.61. The molecule has 1 unspecified atom stereocenters. The molecular weight excluding hydrogens is 520 g/mol. The Labute approximate surface area is 244 Å². The van der Waals surface area contributed by atoms with Gasteiger partial charge in [-0.15, -0.1) is 0 Å². The molecule has 0 aliphatic heterocycles. The van der Waals surface area contributed by atoms with E-state index in [1.165, 1.54) is 31.2 Å². The summed E-state index contributed by atoms with van der Waals surface area (Å²) in [6.07, 6.45) is 8.59. The lowest BCUT2D eigenvalue weighted by molar-refractivity contribution is -0.139. The van der Waals surface area contributed by atoms with Gasteiger partial charge in [-0.3, -0.25) is 9.59 Å². The van der Waals surface area contributed by atoms with Crippen LogP contribution in [0.1, 0.15) is 106 Å². The Bertz CT molecular complexity index is 1120. The molecule has 0 radical (unpaired) electrons. The zero-order chi connectivity index (χ0) is 30.3. The summed E-state index contributed by atoms with van der Waals surface area (Å²) in [5.74, 6) is -1.50. The molecule has 0 saturated heterocycles. The summed E-state index contributed by atoms with van der Waals surface area (Å²) < 4.78 is 5.07. The number of carboxylic acid groups (broad SMARTS) is 1. The van der Waals surface area contributed by atoms with E-state index in [0.29, 0.717) is 17.5 Å². The summed E-state index contributed by atoms with van der Waals surface area (Å²) in [5.41, 5.74) is 3.01. The summed E-state index contributed by atoms with van der Waals surface area (Å²) >= 11 is 0. The zero-order valence-corrected chi connectivity index (χ0v) is 25.0. The van der Waals surface area contributed by atoms with Crippen LogP contribution in [0.25, 0.3) is 0 Å². The molecule has 0 saturated carbocycles. The number of amides is 2. The quantitative estimate of drug-likeness (QED) is 0.154. The van der Waals surface area contributed by atoms with Gasteiger partial charge in [0, 0.05) is 24.1 Å². The van der Waals surface area contributed by atoms with Gasteiger partial charge in [-0.25, -0.2) is 9.59 Å². The fourth-order valence-corrected chi connectivity index (χ4v) is 4.31. The number of hydrogen-bond acceptors (Lipinski definition) is 5. The Balaban J connectivity index is 1.68. The van der Waals surface area contributed by atoms with Crippen LogP contribution in [0.5, 0.6) is 0 Å². The number of hydrogen-bond donors (Lipinski definition) is 3. The molecule has 0 aromatic heterocycles. The van der Waals surface area contributed by atoms with Gasteiger partial charge >= 0.3 is 12.1 Å². The molecule has 8 nitrogen and oxygen atoms in total. The van der Waals surface area contributed by atoms with Crippen molar-refractivity contribution >= 4 is 23.8 Å². The molecule has 0 heterocycles. The molecule has 41 heavy (non-hydrogen) atoms. The van der Waals surface area contributed by atoms with Gasteiger partial charge in [0.25, 0.3) is 0 Å². The lowest BCUT2D eigenvalue weighted by Crippen LogP contribution is -2.49. The number of aryl methyl sites for hydroxylation is 2. The fourth-order valence-electron chi connectivity index (χ4n) is 4.31. The first-order valence-corrected chi connectivity index (χ1v) is 14.7. The second-order valence-electron chi connectivity index (χ2n) is 11.4. The van der Waals surface area contributed by atoms with Crippen LogP contribution in [0.4, 0.5) is 4.79 Å². The van der Waals surface area contributed by atoms with Gasteiger partial charge in [0.15, 0.2) is 5.78 Å². The van der Waals surface area contributed by atoms with Crippen molar-refractivity contribution in [3.8, 4) is 0 Å². The largest absolute Gasteiger partial charge is 0.480 e. The Kier molecular flexibility index (Phi) is 14.1. The highest BCUT2D eigenvalue weighted by molar-refractivity contribution is 6.09. The first kappa shape index (κ1) is 33.5. The third-order valence-electron chi connectivity index (χ3n) is 6.61. The van der Waals surface area contributed by atoms with Gasteiger partial charge in [0.1, 0.15) is 11.6 Å².